The Morgan fingerprint density at radius 1 is 1.41 bits per heavy atom. The van der Waals surface area contributed by atoms with Gasteiger partial charge in [0.25, 0.3) is 5.91 Å². The van der Waals surface area contributed by atoms with Crippen LogP contribution in [0.5, 0.6) is 0 Å². The molecular formula is C13H13ClN2O. The minimum atomic E-state index is -0.153. The average molecular weight is 249 g/mol. The fraction of sp³-hybridized carbons (Fsp3) is 0.154. The van der Waals surface area contributed by atoms with E-state index in [2.05, 4.69) is 10.3 Å². The summed E-state index contributed by atoms with van der Waals surface area (Å²) in [7, 11) is 0. The van der Waals surface area contributed by atoms with E-state index in [9.17, 15) is 4.79 Å². The molecule has 1 amide bonds. The Balaban J connectivity index is 1.99. The Bertz CT molecular complexity index is 534. The van der Waals surface area contributed by atoms with Crippen molar-refractivity contribution in [2.75, 3.05) is 0 Å². The molecule has 88 valence electrons. The molecule has 0 aliphatic carbocycles. The van der Waals surface area contributed by atoms with Gasteiger partial charge in [-0.15, -0.1) is 0 Å². The molecule has 1 aromatic carbocycles. The van der Waals surface area contributed by atoms with Gasteiger partial charge < -0.3 is 10.3 Å². The number of halogens is 1. The Morgan fingerprint density at radius 2 is 2.18 bits per heavy atom. The summed E-state index contributed by atoms with van der Waals surface area (Å²) in [5, 5.41) is 3.37. The molecule has 2 aromatic rings. The van der Waals surface area contributed by atoms with Crippen molar-refractivity contribution in [1.82, 2.24) is 10.3 Å². The van der Waals surface area contributed by atoms with Crippen molar-refractivity contribution < 1.29 is 4.79 Å². The van der Waals surface area contributed by atoms with Crippen LogP contribution in [0.2, 0.25) is 5.02 Å². The van der Waals surface area contributed by atoms with Crippen molar-refractivity contribution in [3.63, 3.8) is 0 Å². The maximum atomic E-state index is 11.7. The molecule has 1 heterocycles. The van der Waals surface area contributed by atoms with Crippen molar-refractivity contribution in [3.05, 3.63) is 58.4 Å². The van der Waals surface area contributed by atoms with E-state index in [0.717, 1.165) is 11.1 Å². The number of H-pyrrole nitrogens is 1. The first-order valence-corrected chi connectivity index (χ1v) is 5.71. The van der Waals surface area contributed by atoms with E-state index in [-0.39, 0.29) is 5.91 Å². The molecule has 2 rings (SSSR count). The van der Waals surface area contributed by atoms with Crippen molar-refractivity contribution in [2.45, 2.75) is 13.5 Å². The van der Waals surface area contributed by atoms with Crippen LogP contribution in [0, 0.1) is 6.92 Å². The molecular weight excluding hydrogens is 236 g/mol. The molecule has 1 aromatic heterocycles. The van der Waals surface area contributed by atoms with Crippen molar-refractivity contribution in [2.24, 2.45) is 0 Å². The van der Waals surface area contributed by atoms with Crippen LogP contribution >= 0.6 is 11.6 Å². The zero-order valence-corrected chi connectivity index (χ0v) is 10.2. The normalized spacial score (nSPS) is 10.2. The zero-order chi connectivity index (χ0) is 12.3. The second-order valence-corrected chi connectivity index (χ2v) is 4.28. The number of rotatable bonds is 3. The number of hydrogen-bond donors (Lipinski definition) is 2. The smallest absolute Gasteiger partial charge is 0.268 e. The maximum Gasteiger partial charge on any atom is 0.268 e. The molecule has 4 heteroatoms. The minimum Gasteiger partial charge on any atom is -0.356 e. The third-order valence-corrected chi connectivity index (χ3v) is 2.81. The van der Waals surface area contributed by atoms with Gasteiger partial charge in [0.15, 0.2) is 0 Å². The highest BCUT2D eigenvalue weighted by molar-refractivity contribution is 6.30. The van der Waals surface area contributed by atoms with Gasteiger partial charge in [-0.25, -0.2) is 0 Å². The molecule has 0 fully saturated rings. The fourth-order valence-corrected chi connectivity index (χ4v) is 1.74. The number of aromatic nitrogens is 1. The van der Waals surface area contributed by atoms with E-state index in [4.69, 9.17) is 11.6 Å². The number of hydrogen-bond acceptors (Lipinski definition) is 1. The van der Waals surface area contributed by atoms with E-state index in [1.807, 2.05) is 31.2 Å². The summed E-state index contributed by atoms with van der Waals surface area (Å²) in [6, 6.07) is 9.56. The van der Waals surface area contributed by atoms with Gasteiger partial charge >= 0.3 is 0 Å². The zero-order valence-electron chi connectivity index (χ0n) is 9.46. The first-order valence-electron chi connectivity index (χ1n) is 5.33. The molecule has 0 bridgehead atoms. The van der Waals surface area contributed by atoms with Gasteiger partial charge in [-0.1, -0.05) is 35.9 Å². The molecule has 0 saturated carbocycles. The van der Waals surface area contributed by atoms with Crippen LogP contribution < -0.4 is 5.32 Å². The lowest BCUT2D eigenvalue weighted by Gasteiger charge is -2.06. The first-order chi connectivity index (χ1) is 8.16. The Morgan fingerprint density at radius 3 is 2.82 bits per heavy atom. The van der Waals surface area contributed by atoms with Gasteiger partial charge in [0.2, 0.25) is 0 Å². The highest BCUT2D eigenvalue weighted by Crippen LogP contribution is 2.10. The van der Waals surface area contributed by atoms with Gasteiger partial charge in [0, 0.05) is 12.7 Å². The summed E-state index contributed by atoms with van der Waals surface area (Å²) in [5.74, 6) is -0.153. The van der Waals surface area contributed by atoms with Crippen LogP contribution in [-0.2, 0) is 6.54 Å². The lowest BCUT2D eigenvalue weighted by molar-refractivity contribution is 0.0946. The Kier molecular flexibility index (Phi) is 3.49. The van der Waals surface area contributed by atoms with Gasteiger partial charge in [-0.2, -0.15) is 0 Å². The maximum absolute atomic E-state index is 11.7. The van der Waals surface area contributed by atoms with Gasteiger partial charge in [-0.3, -0.25) is 4.79 Å². The lowest BCUT2D eigenvalue weighted by atomic mass is 10.1. The number of aromatic amines is 1. The quantitative estimate of drug-likeness (QED) is 0.862. The second-order valence-electron chi connectivity index (χ2n) is 3.84. The van der Waals surface area contributed by atoms with Gasteiger partial charge in [-0.05, 0) is 24.1 Å². The fourth-order valence-electron chi connectivity index (χ4n) is 1.58. The van der Waals surface area contributed by atoms with E-state index >= 15 is 0 Å². The number of amides is 1. The minimum absolute atomic E-state index is 0.153. The molecule has 0 saturated heterocycles. The topological polar surface area (TPSA) is 44.9 Å². The number of carbonyl (C=O) groups excluding carboxylic acids is 1. The van der Waals surface area contributed by atoms with Crippen molar-refractivity contribution in [1.29, 1.82) is 0 Å². The van der Waals surface area contributed by atoms with Crippen LogP contribution in [0.25, 0.3) is 0 Å². The summed E-state index contributed by atoms with van der Waals surface area (Å²) >= 11 is 5.74. The van der Waals surface area contributed by atoms with Gasteiger partial charge in [0.05, 0.1) is 5.02 Å². The van der Waals surface area contributed by atoms with Crippen LogP contribution in [0.3, 0.4) is 0 Å². The van der Waals surface area contributed by atoms with E-state index in [1.54, 1.807) is 12.3 Å². The molecule has 0 spiro atoms. The predicted octanol–water partition coefficient (Wildman–Crippen LogP) is 2.91. The summed E-state index contributed by atoms with van der Waals surface area (Å²) in [6.45, 7) is 2.54. The SMILES string of the molecule is Cc1ccccc1CNC(=O)c1cc(Cl)c[nH]1. The molecule has 2 N–H and O–H groups in total. The molecule has 0 aliphatic heterocycles. The first kappa shape index (κ1) is 11.7. The summed E-state index contributed by atoms with van der Waals surface area (Å²) in [6.07, 6.45) is 1.59. The number of nitrogens with one attached hydrogen (secondary N) is 2. The third-order valence-electron chi connectivity index (χ3n) is 2.59. The van der Waals surface area contributed by atoms with Crippen molar-refractivity contribution in [3.8, 4) is 0 Å². The Labute approximate surface area is 105 Å². The van der Waals surface area contributed by atoms with E-state index in [0.29, 0.717) is 17.3 Å². The monoisotopic (exact) mass is 248 g/mol. The molecule has 0 unspecified atom stereocenters. The average Bonchev–Trinajstić information content (AvgIpc) is 2.74. The molecule has 3 nitrogen and oxygen atoms in total. The predicted molar refractivity (Wildman–Crippen MR) is 68.2 cm³/mol. The van der Waals surface area contributed by atoms with E-state index < -0.39 is 0 Å². The Hall–Kier alpha value is -1.74. The van der Waals surface area contributed by atoms with E-state index in [1.165, 1.54) is 0 Å². The standard InChI is InChI=1S/C13H13ClN2O/c1-9-4-2-3-5-10(9)7-16-13(17)12-6-11(14)8-15-12/h2-6,8,15H,7H2,1H3,(H,16,17). The summed E-state index contributed by atoms with van der Waals surface area (Å²) in [4.78, 5) is 14.6. The second kappa shape index (κ2) is 5.06. The van der Waals surface area contributed by atoms with Crippen LogP contribution in [0.1, 0.15) is 21.6 Å². The molecule has 0 radical (unpaired) electrons. The highest BCUT2D eigenvalue weighted by atomic mass is 35.5. The number of carbonyl (C=O) groups is 1. The summed E-state index contributed by atoms with van der Waals surface area (Å²) in [5.41, 5.74) is 2.75. The third kappa shape index (κ3) is 2.88. The van der Waals surface area contributed by atoms with Gasteiger partial charge in [0.1, 0.15) is 5.69 Å². The number of benzene rings is 1. The molecule has 0 atom stereocenters. The molecule has 0 aliphatic rings. The lowest BCUT2D eigenvalue weighted by Crippen LogP contribution is -2.23. The highest BCUT2D eigenvalue weighted by Gasteiger charge is 2.07. The van der Waals surface area contributed by atoms with Crippen LogP contribution in [0.4, 0.5) is 0 Å². The van der Waals surface area contributed by atoms with Crippen LogP contribution in [0.15, 0.2) is 36.5 Å². The van der Waals surface area contributed by atoms with Crippen molar-refractivity contribution >= 4 is 17.5 Å². The summed E-state index contributed by atoms with van der Waals surface area (Å²) < 4.78 is 0. The largest absolute Gasteiger partial charge is 0.356 e. The van der Waals surface area contributed by atoms with Crippen LogP contribution in [-0.4, -0.2) is 10.9 Å². The molecule has 17 heavy (non-hydrogen) atoms. The number of aryl methyl sites for hydroxylation is 1.